The molecule has 1 saturated heterocycles. The second kappa shape index (κ2) is 20.0. The number of aliphatic carboxylic acids is 2. The number of aromatic nitrogens is 1. The Hall–Kier alpha value is -5.70. The molecule has 2 aliphatic rings. The Labute approximate surface area is 353 Å². The maximum Gasteiger partial charge on any atom is 0.490 e. The molecule has 12 nitrogen and oxygen atoms in total. The Morgan fingerprint density at radius 1 is 0.855 bits per heavy atom. The highest BCUT2D eigenvalue weighted by Crippen LogP contribution is 2.36. The van der Waals surface area contributed by atoms with Crippen LogP contribution >= 0.6 is 11.6 Å². The van der Waals surface area contributed by atoms with Crippen LogP contribution in [0.3, 0.4) is 0 Å². The molecule has 3 amide bonds. The highest BCUT2D eigenvalue weighted by atomic mass is 35.5. The van der Waals surface area contributed by atoms with Crippen molar-refractivity contribution in [2.24, 2.45) is 5.92 Å². The lowest BCUT2D eigenvalue weighted by Gasteiger charge is -2.40. The van der Waals surface area contributed by atoms with E-state index in [2.05, 4.69) is 15.2 Å². The van der Waals surface area contributed by atoms with E-state index in [0.717, 1.165) is 52.8 Å². The Morgan fingerprint density at radius 3 is 2.02 bits per heavy atom. The number of benzene rings is 3. The monoisotopic (exact) mass is 908 g/mol. The molecule has 2 aliphatic heterocycles. The van der Waals surface area contributed by atoms with Gasteiger partial charge in [0.15, 0.2) is 0 Å². The number of urea groups is 1. The summed E-state index contributed by atoms with van der Waals surface area (Å²) in [5, 5.41) is 18.9. The van der Waals surface area contributed by atoms with E-state index in [-0.39, 0.29) is 17.9 Å². The zero-order valence-electron chi connectivity index (χ0n) is 33.2. The van der Waals surface area contributed by atoms with E-state index in [1.54, 1.807) is 21.9 Å². The maximum atomic E-state index is 14.8. The molecule has 0 aliphatic carbocycles. The summed E-state index contributed by atoms with van der Waals surface area (Å²) in [7, 11) is 4.02. The summed E-state index contributed by atoms with van der Waals surface area (Å²) >= 11 is 6.39. The Morgan fingerprint density at radius 2 is 1.45 bits per heavy atom. The summed E-state index contributed by atoms with van der Waals surface area (Å²) in [6, 6.07) is 17.4. The van der Waals surface area contributed by atoms with Crippen LogP contribution in [0.1, 0.15) is 29.5 Å². The normalized spacial score (nSPS) is 16.6. The third kappa shape index (κ3) is 12.9. The summed E-state index contributed by atoms with van der Waals surface area (Å²) in [5.74, 6) is -5.96. The van der Waals surface area contributed by atoms with E-state index in [1.165, 1.54) is 6.07 Å². The highest BCUT2D eigenvalue weighted by molar-refractivity contribution is 6.30. The fraction of sp³-hybridized carbons (Fsp3) is 0.400. The third-order valence-corrected chi connectivity index (χ3v) is 10.2. The summed E-state index contributed by atoms with van der Waals surface area (Å²) in [4.78, 5) is 57.1. The van der Waals surface area contributed by atoms with E-state index in [9.17, 15) is 49.1 Å². The minimum Gasteiger partial charge on any atom is -0.475 e. The minimum atomic E-state index is -5.08. The zero-order valence-corrected chi connectivity index (χ0v) is 34.0. The first-order valence-corrected chi connectivity index (χ1v) is 19.0. The van der Waals surface area contributed by atoms with Crippen LogP contribution in [0.5, 0.6) is 0 Å². The van der Waals surface area contributed by atoms with Crippen molar-refractivity contribution >= 4 is 57.8 Å². The fourth-order valence-electron chi connectivity index (χ4n) is 7.05. The van der Waals surface area contributed by atoms with Gasteiger partial charge in [-0.1, -0.05) is 42.8 Å². The number of halogens is 10. The predicted molar refractivity (Wildman–Crippen MR) is 211 cm³/mol. The molecule has 338 valence electrons. The summed E-state index contributed by atoms with van der Waals surface area (Å²) in [6.07, 6.45) is -11.9. The number of piperazine rings is 1. The fourth-order valence-corrected chi connectivity index (χ4v) is 7.24. The van der Waals surface area contributed by atoms with Crippen molar-refractivity contribution < 1.29 is 68.9 Å². The highest BCUT2D eigenvalue weighted by Gasteiger charge is 2.40. The molecular weight excluding hydrogens is 867 g/mol. The first-order chi connectivity index (χ1) is 28.8. The number of rotatable bonds is 7. The number of para-hydroxylation sites is 1. The maximum absolute atomic E-state index is 14.8. The number of carbonyl (C=O) groups is 4. The van der Waals surface area contributed by atoms with Crippen molar-refractivity contribution in [3.8, 4) is 0 Å². The predicted octanol–water partition coefficient (Wildman–Crippen LogP) is 7.88. The number of hydrogen-bond acceptors (Lipinski definition) is 6. The molecule has 3 aromatic carbocycles. The molecular formula is C40H42ClF9N6O6. The first kappa shape index (κ1) is 49.0. The van der Waals surface area contributed by atoms with Crippen LogP contribution in [0.2, 0.25) is 5.02 Å². The van der Waals surface area contributed by atoms with Gasteiger partial charge in [0.05, 0.1) is 5.56 Å². The molecule has 0 saturated carbocycles. The molecule has 3 atom stereocenters. The van der Waals surface area contributed by atoms with E-state index in [4.69, 9.17) is 31.4 Å². The smallest absolute Gasteiger partial charge is 0.475 e. The number of nitrogens with one attached hydrogen (secondary N) is 2. The third-order valence-electron chi connectivity index (χ3n) is 9.92. The number of H-pyrrole nitrogens is 1. The van der Waals surface area contributed by atoms with Gasteiger partial charge in [-0.3, -0.25) is 4.79 Å². The van der Waals surface area contributed by atoms with Gasteiger partial charge in [-0.25, -0.2) is 14.4 Å². The van der Waals surface area contributed by atoms with Crippen LogP contribution in [0, 0.1) is 5.92 Å². The molecule has 0 radical (unpaired) electrons. The van der Waals surface area contributed by atoms with Crippen LogP contribution in [0.15, 0.2) is 72.9 Å². The lowest BCUT2D eigenvalue weighted by atomic mass is 9.88. The second-order valence-corrected chi connectivity index (χ2v) is 15.1. The summed E-state index contributed by atoms with van der Waals surface area (Å²) in [6.45, 7) is 4.53. The second-order valence-electron chi connectivity index (χ2n) is 14.7. The molecule has 6 rings (SSSR count). The number of fused-ring (bicyclic) bond motifs is 2. The van der Waals surface area contributed by atoms with Crippen molar-refractivity contribution in [2.75, 3.05) is 63.2 Å². The van der Waals surface area contributed by atoms with Gasteiger partial charge in [0.25, 0.3) is 0 Å². The van der Waals surface area contributed by atoms with Gasteiger partial charge in [-0.05, 0) is 80.0 Å². The number of carboxylic acid groups (broad SMARTS) is 2. The Kier molecular flexibility index (Phi) is 15.8. The van der Waals surface area contributed by atoms with Crippen LogP contribution in [0.25, 0.3) is 10.9 Å². The number of hydrogen-bond donors (Lipinski definition) is 4. The topological polar surface area (TPSA) is 150 Å². The Bertz CT molecular complexity index is 2180. The van der Waals surface area contributed by atoms with Gasteiger partial charge in [0.1, 0.15) is 6.04 Å². The van der Waals surface area contributed by atoms with Crippen LogP contribution < -0.4 is 15.1 Å². The van der Waals surface area contributed by atoms with E-state index < -0.39 is 48.0 Å². The number of aromatic amines is 1. The van der Waals surface area contributed by atoms with Gasteiger partial charge >= 0.3 is 36.5 Å². The average Bonchev–Trinajstić information content (AvgIpc) is 3.62. The van der Waals surface area contributed by atoms with Gasteiger partial charge in [-0.15, -0.1) is 0 Å². The van der Waals surface area contributed by atoms with Crippen molar-refractivity contribution in [1.82, 2.24) is 20.1 Å². The summed E-state index contributed by atoms with van der Waals surface area (Å²) < 4.78 is 103. The first-order valence-electron chi connectivity index (χ1n) is 18.7. The number of amides is 3. The van der Waals surface area contributed by atoms with Gasteiger partial charge in [0, 0.05) is 78.7 Å². The van der Waals surface area contributed by atoms with Crippen LogP contribution in [-0.2, 0) is 27.0 Å². The SMILES string of the molecule is CC(c1c[nH]c2ccccc12)C(NC(=O)N1CCN(c2cccc(C(F)(F)F)c2)CC1)C(=O)N1C[C@@H](CN(C)C)Cc2cc(Cl)ccc21.O=C(O)C(F)(F)F.O=C(O)C(F)(F)F. The quantitative estimate of drug-likeness (QED) is 0.137. The number of carboxylic acids is 2. The molecule has 0 spiro atoms. The van der Waals surface area contributed by atoms with Gasteiger partial charge in [0.2, 0.25) is 5.91 Å². The van der Waals surface area contributed by atoms with Crippen LogP contribution in [0.4, 0.5) is 55.7 Å². The van der Waals surface area contributed by atoms with Gasteiger partial charge in [-0.2, -0.15) is 39.5 Å². The molecule has 0 bridgehead atoms. The number of alkyl halides is 9. The minimum absolute atomic E-state index is 0.165. The van der Waals surface area contributed by atoms with Gasteiger partial charge < -0.3 is 40.1 Å². The lowest BCUT2D eigenvalue weighted by molar-refractivity contribution is -0.193. The summed E-state index contributed by atoms with van der Waals surface area (Å²) in [5.41, 5.74) is 3.39. The molecule has 1 fully saturated rings. The molecule has 62 heavy (non-hydrogen) atoms. The average molecular weight is 909 g/mol. The number of anilines is 2. The largest absolute Gasteiger partial charge is 0.490 e. The molecule has 3 heterocycles. The molecule has 1 aromatic heterocycles. The van der Waals surface area contributed by atoms with Crippen molar-refractivity contribution in [3.05, 3.63) is 94.6 Å². The number of nitrogens with zero attached hydrogens (tertiary/aromatic N) is 4. The molecule has 2 unspecified atom stereocenters. The van der Waals surface area contributed by atoms with Crippen molar-refractivity contribution in [2.45, 2.75) is 43.8 Å². The van der Waals surface area contributed by atoms with Crippen molar-refractivity contribution in [3.63, 3.8) is 0 Å². The van der Waals surface area contributed by atoms with Crippen LogP contribution in [-0.4, -0.2) is 121 Å². The zero-order chi connectivity index (χ0) is 46.3. The van der Waals surface area contributed by atoms with E-state index in [0.29, 0.717) is 43.4 Å². The molecule has 4 N–H and O–H groups in total. The lowest BCUT2D eigenvalue weighted by Crippen LogP contribution is -2.58. The Balaban J connectivity index is 0.000000521. The number of carbonyl (C=O) groups excluding carboxylic acids is 2. The van der Waals surface area contributed by atoms with E-state index in [1.807, 2.05) is 68.5 Å². The standard InChI is InChI=1S/C36H40ClF3N6O2.2C2HF3O2/c1-23(30-20-41-31-10-5-4-9-29(30)31)33(34(47)46-22-24(21-43(2)3)17-25-18-27(37)11-12-32(25)46)42-35(48)45-15-13-44(14-16-45)28-8-6-7-26(19-28)36(38,39)40;2*3-2(4,5)1(6)7/h4-12,18-20,23-24,33,41H,13-17,21-22H2,1-3H3,(H,42,48);2*(H,6,7)/t23?,24-,33?;;/m1../s1. The molecule has 4 aromatic rings. The molecule has 22 heteroatoms. The van der Waals surface area contributed by atoms with Crippen molar-refractivity contribution in [1.29, 1.82) is 0 Å². The van der Waals surface area contributed by atoms with E-state index >= 15 is 0 Å².